The molecule has 0 unspecified atom stereocenters. The number of thiocarbonyl (C=S) groups is 2. The van der Waals surface area contributed by atoms with Crippen LogP contribution < -0.4 is 10.6 Å². The highest BCUT2D eigenvalue weighted by Gasteiger charge is 2.02. The molecule has 0 atom stereocenters. The molecule has 1 rings (SSSR count). The molecule has 18 heavy (non-hydrogen) atoms. The molecule has 0 aliphatic rings. The maximum atomic E-state index is 5.28. The highest BCUT2D eigenvalue weighted by atomic mass is 32.1. The maximum absolute atomic E-state index is 5.28. The molecule has 0 heterocycles. The minimum Gasteiger partial charge on any atom is -0.362 e. The van der Waals surface area contributed by atoms with Crippen molar-refractivity contribution in [2.45, 2.75) is 32.6 Å². The van der Waals surface area contributed by atoms with Gasteiger partial charge in [0.05, 0.1) is 0 Å². The lowest BCUT2D eigenvalue weighted by atomic mass is 10.2. The number of hydrogen-bond acceptors (Lipinski definition) is 2. The van der Waals surface area contributed by atoms with Crippen molar-refractivity contribution in [1.82, 2.24) is 10.6 Å². The van der Waals surface area contributed by atoms with Gasteiger partial charge in [-0.2, -0.15) is 0 Å². The van der Waals surface area contributed by atoms with Crippen LogP contribution in [0, 0.1) is 0 Å². The fourth-order valence-electron chi connectivity index (χ4n) is 1.56. The summed E-state index contributed by atoms with van der Waals surface area (Å²) in [6.07, 6.45) is 4.92. The van der Waals surface area contributed by atoms with Crippen LogP contribution in [0.5, 0.6) is 0 Å². The first kappa shape index (κ1) is 15.1. The number of benzene rings is 1. The third-order valence-electron chi connectivity index (χ3n) is 2.58. The molecule has 2 N–H and O–H groups in total. The summed E-state index contributed by atoms with van der Waals surface area (Å²) in [5.74, 6) is 0. The van der Waals surface area contributed by atoms with Crippen LogP contribution >= 0.6 is 24.4 Å². The fourth-order valence-corrected chi connectivity index (χ4v) is 2.07. The lowest BCUT2D eigenvalue weighted by Gasteiger charge is -2.11. The summed E-state index contributed by atoms with van der Waals surface area (Å²) in [6.45, 7) is 3.11. The van der Waals surface area contributed by atoms with Gasteiger partial charge in [0.1, 0.15) is 4.99 Å². The Morgan fingerprint density at radius 1 is 1.06 bits per heavy atom. The van der Waals surface area contributed by atoms with Gasteiger partial charge in [-0.1, -0.05) is 68.7 Å². The number of unbranched alkanes of at least 4 members (excludes halogenated alkanes) is 3. The zero-order valence-corrected chi connectivity index (χ0v) is 12.4. The quantitative estimate of drug-likeness (QED) is 0.616. The van der Waals surface area contributed by atoms with Crippen molar-refractivity contribution in [3.8, 4) is 0 Å². The molecule has 0 bridgehead atoms. The zero-order chi connectivity index (χ0) is 13.2. The van der Waals surface area contributed by atoms with E-state index >= 15 is 0 Å². The monoisotopic (exact) mass is 280 g/mol. The van der Waals surface area contributed by atoms with Crippen molar-refractivity contribution in [3.63, 3.8) is 0 Å². The van der Waals surface area contributed by atoms with Gasteiger partial charge in [0.25, 0.3) is 0 Å². The van der Waals surface area contributed by atoms with E-state index in [1.165, 1.54) is 19.3 Å². The Balaban J connectivity index is 2.22. The molecule has 0 saturated carbocycles. The summed E-state index contributed by atoms with van der Waals surface area (Å²) in [7, 11) is 0. The highest BCUT2D eigenvalue weighted by Crippen LogP contribution is 1.99. The van der Waals surface area contributed by atoms with Crippen LogP contribution in [-0.2, 0) is 0 Å². The van der Waals surface area contributed by atoms with Crippen molar-refractivity contribution < 1.29 is 0 Å². The lowest BCUT2D eigenvalue weighted by molar-refractivity contribution is 0.654. The number of rotatable bonds is 6. The molecule has 0 aliphatic carbocycles. The van der Waals surface area contributed by atoms with Gasteiger partial charge in [-0.15, -0.1) is 0 Å². The fraction of sp³-hybridized carbons (Fsp3) is 0.429. The molecule has 0 radical (unpaired) electrons. The van der Waals surface area contributed by atoms with Crippen molar-refractivity contribution in [2.24, 2.45) is 0 Å². The number of nitrogens with one attached hydrogen (secondary N) is 2. The first-order chi connectivity index (χ1) is 8.74. The van der Waals surface area contributed by atoms with Crippen LogP contribution in [0.15, 0.2) is 30.3 Å². The predicted octanol–water partition coefficient (Wildman–Crippen LogP) is 3.41. The van der Waals surface area contributed by atoms with Gasteiger partial charge in [-0.25, -0.2) is 0 Å². The van der Waals surface area contributed by atoms with E-state index in [0.29, 0.717) is 10.1 Å². The van der Waals surface area contributed by atoms with Crippen molar-refractivity contribution >= 4 is 34.5 Å². The summed E-state index contributed by atoms with van der Waals surface area (Å²) in [5.41, 5.74) is 0.989. The third kappa shape index (κ3) is 6.07. The summed E-state index contributed by atoms with van der Waals surface area (Å²) >= 11 is 10.5. The molecule has 4 heteroatoms. The van der Waals surface area contributed by atoms with Crippen LogP contribution in [0.4, 0.5) is 0 Å². The van der Waals surface area contributed by atoms with Gasteiger partial charge >= 0.3 is 0 Å². The van der Waals surface area contributed by atoms with E-state index in [4.69, 9.17) is 24.4 Å². The molecular formula is C14H20N2S2. The van der Waals surface area contributed by atoms with Crippen LogP contribution in [0.2, 0.25) is 0 Å². The predicted molar refractivity (Wildman–Crippen MR) is 86.0 cm³/mol. The van der Waals surface area contributed by atoms with E-state index < -0.39 is 0 Å². The summed E-state index contributed by atoms with van der Waals surface area (Å²) in [6, 6.07) is 9.84. The maximum Gasteiger partial charge on any atom is 0.171 e. The van der Waals surface area contributed by atoms with Gasteiger partial charge in [0.15, 0.2) is 5.11 Å². The largest absolute Gasteiger partial charge is 0.362 e. The van der Waals surface area contributed by atoms with Gasteiger partial charge in [0, 0.05) is 12.1 Å². The molecule has 1 aromatic rings. The molecular weight excluding hydrogens is 260 g/mol. The first-order valence-corrected chi connectivity index (χ1v) is 7.20. The molecule has 0 saturated heterocycles. The Kier molecular flexibility index (Phi) is 7.53. The van der Waals surface area contributed by atoms with E-state index in [1.54, 1.807) is 0 Å². The standard InChI is InChI=1S/C14H20N2S2/c1-2-3-4-8-11-15-14(18)16-13(17)12-9-6-5-7-10-12/h5-7,9-10H,2-4,8,11H2,1H3,(H2,15,16,17,18). The zero-order valence-electron chi connectivity index (χ0n) is 10.7. The highest BCUT2D eigenvalue weighted by molar-refractivity contribution is 7.82. The van der Waals surface area contributed by atoms with Crippen LogP contribution in [0.1, 0.15) is 38.2 Å². The Morgan fingerprint density at radius 2 is 1.78 bits per heavy atom. The van der Waals surface area contributed by atoms with Gasteiger partial charge < -0.3 is 10.6 Å². The minimum atomic E-state index is 0.611. The minimum absolute atomic E-state index is 0.611. The van der Waals surface area contributed by atoms with Crippen LogP contribution in [0.25, 0.3) is 0 Å². The lowest BCUT2D eigenvalue weighted by Crippen LogP contribution is -2.39. The SMILES string of the molecule is CCCCCCNC(=S)NC(=S)c1ccccc1. The molecule has 0 amide bonds. The van der Waals surface area contributed by atoms with Crippen molar-refractivity contribution in [2.75, 3.05) is 6.54 Å². The van der Waals surface area contributed by atoms with Gasteiger partial charge in [-0.05, 0) is 18.6 Å². The third-order valence-corrected chi connectivity index (χ3v) is 3.16. The summed E-state index contributed by atoms with van der Waals surface area (Å²) in [5, 5.41) is 6.83. The molecule has 1 aromatic carbocycles. The van der Waals surface area contributed by atoms with E-state index in [1.807, 2.05) is 30.3 Å². The molecule has 0 aliphatic heterocycles. The average molecular weight is 280 g/mol. The molecule has 2 nitrogen and oxygen atoms in total. The first-order valence-electron chi connectivity index (χ1n) is 6.38. The van der Waals surface area contributed by atoms with Crippen LogP contribution in [-0.4, -0.2) is 16.6 Å². The average Bonchev–Trinajstić information content (AvgIpc) is 2.39. The van der Waals surface area contributed by atoms with E-state index in [9.17, 15) is 0 Å². The van der Waals surface area contributed by atoms with Crippen LogP contribution in [0.3, 0.4) is 0 Å². The second-order valence-electron chi connectivity index (χ2n) is 4.14. The molecule has 0 aromatic heterocycles. The Morgan fingerprint density at radius 3 is 2.44 bits per heavy atom. The molecule has 98 valence electrons. The summed E-state index contributed by atoms with van der Waals surface area (Å²) < 4.78 is 0. The summed E-state index contributed by atoms with van der Waals surface area (Å²) in [4.78, 5) is 0.668. The van der Waals surface area contributed by atoms with Crippen molar-refractivity contribution in [3.05, 3.63) is 35.9 Å². The van der Waals surface area contributed by atoms with E-state index in [2.05, 4.69) is 17.6 Å². The van der Waals surface area contributed by atoms with E-state index in [0.717, 1.165) is 18.5 Å². The molecule has 0 fully saturated rings. The normalized spacial score (nSPS) is 9.83. The van der Waals surface area contributed by atoms with E-state index in [-0.39, 0.29) is 0 Å². The topological polar surface area (TPSA) is 24.1 Å². The van der Waals surface area contributed by atoms with Gasteiger partial charge in [0.2, 0.25) is 0 Å². The van der Waals surface area contributed by atoms with Crippen molar-refractivity contribution in [1.29, 1.82) is 0 Å². The second kappa shape index (κ2) is 9.00. The smallest absolute Gasteiger partial charge is 0.171 e. The molecule has 0 spiro atoms. The Hall–Kier alpha value is -1.00. The number of hydrogen-bond donors (Lipinski definition) is 2. The van der Waals surface area contributed by atoms with Gasteiger partial charge in [-0.3, -0.25) is 0 Å². The second-order valence-corrected chi connectivity index (χ2v) is 4.95. The Labute approximate surface area is 120 Å². The Bertz CT molecular complexity index is 377.